The summed E-state index contributed by atoms with van der Waals surface area (Å²) in [5, 5.41) is 1.76. The van der Waals surface area contributed by atoms with Gasteiger partial charge in [0.15, 0.2) is 0 Å². The van der Waals surface area contributed by atoms with Crippen molar-refractivity contribution >= 4 is 11.3 Å². The van der Waals surface area contributed by atoms with Gasteiger partial charge in [0.2, 0.25) is 0 Å². The third-order valence-corrected chi connectivity index (χ3v) is 3.27. The molecule has 0 radical (unpaired) electrons. The van der Waals surface area contributed by atoms with E-state index in [0.29, 0.717) is 0 Å². The van der Waals surface area contributed by atoms with Gasteiger partial charge in [0, 0.05) is 11.9 Å². The van der Waals surface area contributed by atoms with Crippen LogP contribution in [-0.2, 0) is 6.54 Å². The first-order valence-electron chi connectivity index (χ1n) is 5.43. The minimum absolute atomic E-state index is 0.124. The Morgan fingerprint density at radius 3 is 2.67 bits per heavy atom. The van der Waals surface area contributed by atoms with Gasteiger partial charge in [-0.3, -0.25) is 9.36 Å². The number of aromatic nitrogens is 1. The van der Waals surface area contributed by atoms with Crippen molar-refractivity contribution in [3.8, 4) is 11.3 Å². The third kappa shape index (κ3) is 2.92. The van der Waals surface area contributed by atoms with Crippen molar-refractivity contribution < 1.29 is 8.78 Å². The molecule has 0 aliphatic rings. The highest BCUT2D eigenvalue weighted by molar-refractivity contribution is 7.07. The Labute approximate surface area is 107 Å². The van der Waals surface area contributed by atoms with Crippen molar-refractivity contribution in [2.75, 3.05) is 0 Å². The van der Waals surface area contributed by atoms with Crippen LogP contribution in [0, 0.1) is 0 Å². The number of halogens is 2. The molecule has 0 spiro atoms. The van der Waals surface area contributed by atoms with Crippen molar-refractivity contribution in [1.82, 2.24) is 4.57 Å². The lowest BCUT2D eigenvalue weighted by Crippen LogP contribution is -2.13. The first-order chi connectivity index (χ1) is 8.68. The molecule has 1 aromatic carbocycles. The SMILES string of the molecule is O=c1scc(-c2ccccc2)n1CCC=C(F)F. The maximum absolute atomic E-state index is 12.0. The molecule has 18 heavy (non-hydrogen) atoms. The first kappa shape index (κ1) is 12.7. The maximum Gasteiger partial charge on any atom is 0.307 e. The molecular weight excluding hydrogens is 256 g/mol. The van der Waals surface area contributed by atoms with E-state index in [-0.39, 0.29) is 17.8 Å². The Kier molecular flexibility index (Phi) is 4.04. The standard InChI is InChI=1S/C13H11F2NOS/c14-12(15)7-4-8-16-11(9-18-13(16)17)10-5-2-1-3-6-10/h1-3,5-7,9H,4,8H2. The normalized spacial score (nSPS) is 10.3. The third-order valence-electron chi connectivity index (χ3n) is 2.50. The largest absolute Gasteiger partial charge is 0.307 e. The molecule has 0 aliphatic heterocycles. The van der Waals surface area contributed by atoms with Gasteiger partial charge >= 0.3 is 4.87 Å². The fourth-order valence-electron chi connectivity index (χ4n) is 1.68. The number of rotatable bonds is 4. The van der Waals surface area contributed by atoms with Crippen LogP contribution in [0.15, 0.2) is 52.7 Å². The average molecular weight is 267 g/mol. The molecule has 2 aromatic rings. The zero-order valence-electron chi connectivity index (χ0n) is 9.48. The molecule has 0 saturated carbocycles. The van der Waals surface area contributed by atoms with Crippen molar-refractivity contribution in [3.63, 3.8) is 0 Å². The van der Waals surface area contributed by atoms with Crippen molar-refractivity contribution in [1.29, 1.82) is 0 Å². The molecule has 1 heterocycles. The second kappa shape index (κ2) is 5.73. The fourth-order valence-corrected chi connectivity index (χ4v) is 2.47. The number of nitrogens with zero attached hydrogens (tertiary/aromatic N) is 1. The molecule has 2 rings (SSSR count). The molecule has 0 bridgehead atoms. The quantitative estimate of drug-likeness (QED) is 0.827. The predicted molar refractivity (Wildman–Crippen MR) is 68.9 cm³/mol. The van der Waals surface area contributed by atoms with Gasteiger partial charge in [-0.05, 0) is 18.1 Å². The molecular formula is C13H11F2NOS. The monoisotopic (exact) mass is 267 g/mol. The van der Waals surface area contributed by atoms with Crippen LogP contribution in [0.25, 0.3) is 11.3 Å². The zero-order chi connectivity index (χ0) is 13.0. The number of allylic oxidation sites excluding steroid dienone is 1. The number of hydrogen-bond donors (Lipinski definition) is 0. The highest BCUT2D eigenvalue weighted by Crippen LogP contribution is 2.19. The Morgan fingerprint density at radius 1 is 1.28 bits per heavy atom. The summed E-state index contributed by atoms with van der Waals surface area (Å²) >= 11 is 1.08. The van der Waals surface area contributed by atoms with E-state index < -0.39 is 6.08 Å². The Hall–Kier alpha value is -1.75. The van der Waals surface area contributed by atoms with Gasteiger partial charge < -0.3 is 0 Å². The van der Waals surface area contributed by atoms with E-state index in [9.17, 15) is 13.6 Å². The van der Waals surface area contributed by atoms with E-state index in [1.54, 1.807) is 5.38 Å². The second-order valence-corrected chi connectivity index (χ2v) is 4.51. The van der Waals surface area contributed by atoms with Crippen LogP contribution in [0.2, 0.25) is 0 Å². The summed E-state index contributed by atoms with van der Waals surface area (Å²) in [6.45, 7) is 0.268. The fraction of sp³-hybridized carbons (Fsp3) is 0.154. The smallest absolute Gasteiger partial charge is 0.298 e. The Bertz CT molecular complexity index is 597. The minimum Gasteiger partial charge on any atom is -0.298 e. The van der Waals surface area contributed by atoms with Crippen LogP contribution < -0.4 is 4.87 Å². The molecule has 0 fully saturated rings. The lowest BCUT2D eigenvalue weighted by molar-refractivity contribution is 0.416. The van der Waals surface area contributed by atoms with E-state index in [4.69, 9.17) is 0 Å². The van der Waals surface area contributed by atoms with Crippen LogP contribution >= 0.6 is 11.3 Å². The molecule has 0 atom stereocenters. The molecule has 0 saturated heterocycles. The van der Waals surface area contributed by atoms with Gasteiger partial charge in [-0.1, -0.05) is 41.7 Å². The summed E-state index contributed by atoms with van der Waals surface area (Å²) in [6.07, 6.45) is -0.725. The van der Waals surface area contributed by atoms with Crippen molar-refractivity contribution in [2.24, 2.45) is 0 Å². The molecule has 2 nitrogen and oxygen atoms in total. The van der Waals surface area contributed by atoms with Crippen molar-refractivity contribution in [2.45, 2.75) is 13.0 Å². The van der Waals surface area contributed by atoms with E-state index in [0.717, 1.165) is 28.7 Å². The van der Waals surface area contributed by atoms with Crippen molar-refractivity contribution in [3.05, 3.63) is 57.5 Å². The van der Waals surface area contributed by atoms with Gasteiger partial charge in [-0.25, -0.2) is 0 Å². The highest BCUT2D eigenvalue weighted by Gasteiger charge is 2.07. The molecule has 0 unspecified atom stereocenters. The maximum atomic E-state index is 12.0. The van der Waals surface area contributed by atoms with E-state index in [2.05, 4.69) is 0 Å². The zero-order valence-corrected chi connectivity index (χ0v) is 10.3. The van der Waals surface area contributed by atoms with Gasteiger partial charge in [-0.2, -0.15) is 8.78 Å². The van der Waals surface area contributed by atoms with Gasteiger partial charge in [0.1, 0.15) is 0 Å². The topological polar surface area (TPSA) is 22.0 Å². The molecule has 0 N–H and O–H groups in total. The van der Waals surface area contributed by atoms with E-state index in [1.165, 1.54) is 4.57 Å². The predicted octanol–water partition coefficient (Wildman–Crippen LogP) is 3.75. The first-order valence-corrected chi connectivity index (χ1v) is 6.31. The number of benzene rings is 1. The van der Waals surface area contributed by atoms with E-state index >= 15 is 0 Å². The van der Waals surface area contributed by atoms with Gasteiger partial charge in [0.25, 0.3) is 6.08 Å². The lowest BCUT2D eigenvalue weighted by Gasteiger charge is -2.05. The summed E-state index contributed by atoms with van der Waals surface area (Å²) in [4.78, 5) is 11.5. The molecule has 5 heteroatoms. The highest BCUT2D eigenvalue weighted by atomic mass is 32.1. The molecule has 1 aromatic heterocycles. The summed E-state index contributed by atoms with van der Waals surface area (Å²) in [5.41, 5.74) is 1.69. The summed E-state index contributed by atoms with van der Waals surface area (Å²) in [7, 11) is 0. The summed E-state index contributed by atoms with van der Waals surface area (Å²) in [6, 6.07) is 9.43. The molecule has 0 aliphatic carbocycles. The van der Waals surface area contributed by atoms with Crippen LogP contribution in [0.1, 0.15) is 6.42 Å². The van der Waals surface area contributed by atoms with Crippen LogP contribution in [0.5, 0.6) is 0 Å². The summed E-state index contributed by atoms with van der Waals surface area (Å²) < 4.78 is 25.5. The van der Waals surface area contributed by atoms with Gasteiger partial charge in [0.05, 0.1) is 5.69 Å². The minimum atomic E-state index is -1.71. The van der Waals surface area contributed by atoms with Crippen LogP contribution in [0.4, 0.5) is 8.78 Å². The van der Waals surface area contributed by atoms with Gasteiger partial charge in [-0.15, -0.1) is 0 Å². The van der Waals surface area contributed by atoms with E-state index in [1.807, 2.05) is 30.3 Å². The van der Waals surface area contributed by atoms with Crippen LogP contribution in [-0.4, -0.2) is 4.57 Å². The number of thiazole rings is 1. The molecule has 0 amide bonds. The van der Waals surface area contributed by atoms with Crippen LogP contribution in [0.3, 0.4) is 0 Å². The summed E-state index contributed by atoms with van der Waals surface area (Å²) in [5.74, 6) is 0. The number of hydrogen-bond acceptors (Lipinski definition) is 2. The Morgan fingerprint density at radius 2 is 2.00 bits per heavy atom. The second-order valence-electron chi connectivity index (χ2n) is 3.69. The molecule has 94 valence electrons. The Balaban J connectivity index is 2.28. The lowest BCUT2D eigenvalue weighted by atomic mass is 10.2. The average Bonchev–Trinajstić information content (AvgIpc) is 2.72.